The van der Waals surface area contributed by atoms with Crippen molar-refractivity contribution in [3.8, 4) is 16.9 Å². The number of hydrogen-bond acceptors (Lipinski definition) is 9. The third-order valence-corrected chi connectivity index (χ3v) is 4.79. The van der Waals surface area contributed by atoms with Crippen molar-refractivity contribution < 1.29 is 29.2 Å². The third-order valence-electron chi connectivity index (χ3n) is 4.17. The molecule has 12 heteroatoms. The fraction of sp³-hybridized carbons (Fsp3) is 0.0526. The number of hydrogen-bond donors (Lipinski definition) is 2. The number of non-ortho nitro benzene ring substituents is 1. The predicted octanol–water partition coefficient (Wildman–Crippen LogP) is 2.55. The van der Waals surface area contributed by atoms with Gasteiger partial charge in [-0.25, -0.2) is 9.69 Å². The van der Waals surface area contributed by atoms with Gasteiger partial charge in [-0.1, -0.05) is 0 Å². The number of carbonyl (C=O) groups excluding carboxylic acids is 3. The number of amides is 4. The molecule has 0 aromatic heterocycles. The van der Waals surface area contributed by atoms with Crippen molar-refractivity contribution in [1.82, 2.24) is 5.32 Å². The number of nitrogens with zero attached hydrogens (tertiary/aromatic N) is 3. The van der Waals surface area contributed by atoms with Gasteiger partial charge in [-0.2, -0.15) is 5.26 Å². The van der Waals surface area contributed by atoms with Crippen LogP contribution in [0.15, 0.2) is 46.9 Å². The Kier molecular flexibility index (Phi) is 5.89. The topological polar surface area (TPSA) is 163 Å². The highest BCUT2D eigenvalue weighted by molar-refractivity contribution is 8.03. The number of nitrogens with one attached hydrogen (secondary N) is 1. The van der Waals surface area contributed by atoms with Crippen LogP contribution in [0, 0.1) is 20.8 Å². The van der Waals surface area contributed by atoms with Gasteiger partial charge in [-0.3, -0.25) is 25.0 Å². The number of phenolic OH excluding ortho intramolecular Hbond substituents is 1. The summed E-state index contributed by atoms with van der Waals surface area (Å²) in [5.74, 6) is -2.17. The molecule has 1 saturated heterocycles. The summed E-state index contributed by atoms with van der Waals surface area (Å²) in [5, 5.41) is 33.6. The van der Waals surface area contributed by atoms with E-state index in [2.05, 4.69) is 0 Å². The summed E-state index contributed by atoms with van der Waals surface area (Å²) >= 11 is 0.652. The molecule has 1 heterocycles. The lowest BCUT2D eigenvalue weighted by Crippen LogP contribution is -2.54. The molecule has 2 aromatic rings. The van der Waals surface area contributed by atoms with E-state index in [1.54, 1.807) is 5.40 Å². The number of ether oxygens (including phenoxy) is 1. The van der Waals surface area contributed by atoms with Crippen LogP contribution in [0.3, 0.4) is 0 Å². The zero-order chi connectivity index (χ0) is 22.7. The lowest BCUT2D eigenvalue weighted by molar-refractivity contribution is -0.384. The highest BCUT2D eigenvalue weighted by Crippen LogP contribution is 2.38. The summed E-state index contributed by atoms with van der Waals surface area (Å²) in [5.41, 5.74) is -0.364. The molecular weight excluding hydrogens is 428 g/mol. The molecule has 2 N–H and O–H groups in total. The van der Waals surface area contributed by atoms with Crippen molar-refractivity contribution in [2.45, 2.75) is 4.90 Å². The minimum Gasteiger partial charge on any atom is -0.503 e. The number of benzene rings is 2. The van der Waals surface area contributed by atoms with Crippen LogP contribution in [-0.4, -0.2) is 35.0 Å². The molecule has 0 atom stereocenters. The first-order valence-corrected chi connectivity index (χ1v) is 9.21. The second kappa shape index (κ2) is 8.56. The molecule has 2 aromatic carbocycles. The van der Waals surface area contributed by atoms with Crippen molar-refractivity contribution in [3.63, 3.8) is 0 Å². The smallest absolute Gasteiger partial charge is 0.335 e. The normalized spacial score (nSPS) is 14.9. The molecule has 0 unspecified atom stereocenters. The number of barbiturate groups is 1. The van der Waals surface area contributed by atoms with Gasteiger partial charge in [0.1, 0.15) is 11.0 Å². The van der Waals surface area contributed by atoms with Crippen LogP contribution >= 0.6 is 11.8 Å². The molecule has 3 rings (SSSR count). The van der Waals surface area contributed by atoms with Crippen LogP contribution in [0.4, 0.5) is 16.2 Å². The molecule has 11 nitrogen and oxygen atoms in total. The number of nitro groups is 1. The number of urea groups is 1. The number of thioether (sulfide) groups is 1. The first-order chi connectivity index (χ1) is 14.8. The van der Waals surface area contributed by atoms with Crippen LogP contribution < -0.4 is 15.0 Å². The van der Waals surface area contributed by atoms with Gasteiger partial charge in [0.25, 0.3) is 17.5 Å². The van der Waals surface area contributed by atoms with E-state index >= 15 is 0 Å². The molecule has 0 bridgehead atoms. The van der Waals surface area contributed by atoms with E-state index in [1.807, 2.05) is 5.32 Å². The molecule has 1 aliphatic heterocycles. The Balaban J connectivity index is 2.04. The Bertz CT molecular complexity index is 1180. The highest BCUT2D eigenvalue weighted by atomic mass is 32.2. The average molecular weight is 440 g/mol. The van der Waals surface area contributed by atoms with E-state index in [0.717, 1.165) is 12.1 Å². The number of phenols is 1. The summed E-state index contributed by atoms with van der Waals surface area (Å²) in [7, 11) is 1.29. The summed E-state index contributed by atoms with van der Waals surface area (Å²) in [6, 6.07) is 6.34. The molecular formula is C19H12N4O7S. The summed E-state index contributed by atoms with van der Waals surface area (Å²) in [4.78, 5) is 48.4. The van der Waals surface area contributed by atoms with Gasteiger partial charge in [0.15, 0.2) is 11.5 Å². The summed E-state index contributed by atoms with van der Waals surface area (Å²) in [6.45, 7) is 0. The van der Waals surface area contributed by atoms with E-state index in [1.165, 1.54) is 37.5 Å². The molecule has 0 radical (unpaired) electrons. The Labute approximate surface area is 178 Å². The van der Waals surface area contributed by atoms with Crippen LogP contribution in [-0.2, 0) is 9.59 Å². The number of anilines is 1. The van der Waals surface area contributed by atoms with E-state index in [-0.39, 0.29) is 33.3 Å². The number of rotatable bonds is 5. The maximum Gasteiger partial charge on any atom is 0.335 e. The fourth-order valence-electron chi connectivity index (χ4n) is 2.75. The van der Waals surface area contributed by atoms with Crippen molar-refractivity contribution >= 4 is 47.1 Å². The predicted molar refractivity (Wildman–Crippen MR) is 108 cm³/mol. The Hall–Kier alpha value is -4.37. The molecule has 0 saturated carbocycles. The second-order valence-electron chi connectivity index (χ2n) is 5.99. The van der Waals surface area contributed by atoms with Gasteiger partial charge >= 0.3 is 6.03 Å². The van der Waals surface area contributed by atoms with Crippen molar-refractivity contribution in [2.75, 3.05) is 12.0 Å². The first kappa shape index (κ1) is 21.3. The molecule has 0 aliphatic carbocycles. The van der Waals surface area contributed by atoms with E-state index in [9.17, 15) is 29.6 Å². The van der Waals surface area contributed by atoms with E-state index in [4.69, 9.17) is 10.00 Å². The number of thiocyanates is 1. The van der Waals surface area contributed by atoms with Crippen molar-refractivity contribution in [2.24, 2.45) is 0 Å². The molecule has 156 valence electrons. The van der Waals surface area contributed by atoms with Gasteiger partial charge in [-0.05, 0) is 47.7 Å². The molecule has 0 spiro atoms. The molecule has 31 heavy (non-hydrogen) atoms. The van der Waals surface area contributed by atoms with Gasteiger partial charge < -0.3 is 9.84 Å². The Morgan fingerprint density at radius 3 is 2.52 bits per heavy atom. The van der Waals surface area contributed by atoms with Crippen LogP contribution in [0.5, 0.6) is 11.5 Å². The first-order valence-electron chi connectivity index (χ1n) is 8.39. The molecule has 1 fully saturated rings. The zero-order valence-electron chi connectivity index (χ0n) is 15.7. The Morgan fingerprint density at radius 1 is 1.26 bits per heavy atom. The van der Waals surface area contributed by atoms with Gasteiger partial charge in [0, 0.05) is 12.1 Å². The molecule has 4 amide bonds. The molecule has 1 aliphatic rings. The number of carbonyl (C=O) groups is 3. The van der Waals surface area contributed by atoms with E-state index in [0.29, 0.717) is 16.7 Å². The number of aromatic hydroxyl groups is 1. The SMILES string of the molecule is COc1cc(/C=C2/C(=O)NC(=O)N(c3ccc([N+](=O)[O-])cc3)C2=O)cc(SC#N)c1O. The Morgan fingerprint density at radius 2 is 1.94 bits per heavy atom. The number of nitriles is 1. The summed E-state index contributed by atoms with van der Waals surface area (Å²) in [6.07, 6.45) is 1.17. The van der Waals surface area contributed by atoms with Crippen molar-refractivity contribution in [3.05, 3.63) is 57.6 Å². The number of nitro benzene ring substituents is 1. The quantitative estimate of drug-likeness (QED) is 0.178. The summed E-state index contributed by atoms with van der Waals surface area (Å²) < 4.78 is 5.05. The average Bonchev–Trinajstić information content (AvgIpc) is 2.73. The largest absolute Gasteiger partial charge is 0.503 e. The fourth-order valence-corrected chi connectivity index (χ4v) is 3.24. The van der Waals surface area contributed by atoms with Gasteiger partial charge in [0.05, 0.1) is 22.6 Å². The van der Waals surface area contributed by atoms with Crippen LogP contribution in [0.1, 0.15) is 5.56 Å². The minimum atomic E-state index is -1.01. The third kappa shape index (κ3) is 4.16. The zero-order valence-corrected chi connectivity index (χ0v) is 16.5. The minimum absolute atomic E-state index is 0.0130. The van der Waals surface area contributed by atoms with Gasteiger partial charge in [-0.15, -0.1) is 0 Å². The number of imide groups is 2. The lowest BCUT2D eigenvalue weighted by Gasteiger charge is -2.26. The standard InChI is InChI=1S/C19H12N4O7S/c1-30-14-7-10(8-15(16(14)24)31-9-20)6-13-17(25)21-19(27)22(18(13)26)11-2-4-12(5-3-11)23(28)29/h2-8,24H,1H3,(H,21,25,27)/b13-6-. The maximum atomic E-state index is 12.9. The van der Waals surface area contributed by atoms with Crippen LogP contribution in [0.2, 0.25) is 0 Å². The lowest BCUT2D eigenvalue weighted by atomic mass is 10.1. The second-order valence-corrected chi connectivity index (χ2v) is 6.82. The van der Waals surface area contributed by atoms with Crippen LogP contribution in [0.25, 0.3) is 6.08 Å². The highest BCUT2D eigenvalue weighted by Gasteiger charge is 2.37. The monoisotopic (exact) mass is 440 g/mol. The van der Waals surface area contributed by atoms with Gasteiger partial charge in [0.2, 0.25) is 0 Å². The number of methoxy groups -OCH3 is 1. The maximum absolute atomic E-state index is 12.9. The van der Waals surface area contributed by atoms with E-state index < -0.39 is 28.3 Å². The van der Waals surface area contributed by atoms with Crippen molar-refractivity contribution in [1.29, 1.82) is 5.26 Å².